The van der Waals surface area contributed by atoms with Crippen LogP contribution in [0.25, 0.3) is 16.8 Å². The number of rotatable bonds is 7. The van der Waals surface area contributed by atoms with Crippen LogP contribution in [0.4, 0.5) is 0 Å². The smallest absolute Gasteiger partial charge is 0.363 e. The number of carbonyl (C=O) groups is 1. The SMILES string of the molecule is CCOc1cc(/C=C2\N=C(c3ccc4ccccc4c3)OC2=O)cc(Cl)c1OCc1ccccc1Br. The summed E-state index contributed by atoms with van der Waals surface area (Å²) < 4.78 is 18.2. The summed E-state index contributed by atoms with van der Waals surface area (Å²) in [5.41, 5.74) is 2.53. The molecule has 4 aromatic carbocycles. The van der Waals surface area contributed by atoms with Crippen molar-refractivity contribution in [2.75, 3.05) is 6.61 Å². The highest BCUT2D eigenvalue weighted by Gasteiger charge is 2.25. The molecule has 0 atom stereocenters. The first kappa shape index (κ1) is 24.1. The summed E-state index contributed by atoms with van der Waals surface area (Å²) in [5.74, 6) is 0.655. The first-order valence-electron chi connectivity index (χ1n) is 11.4. The Hall–Kier alpha value is -3.61. The molecule has 0 saturated carbocycles. The van der Waals surface area contributed by atoms with E-state index in [4.69, 9.17) is 25.8 Å². The zero-order chi connectivity index (χ0) is 25.1. The topological polar surface area (TPSA) is 57.1 Å². The van der Waals surface area contributed by atoms with Crippen LogP contribution in [0.5, 0.6) is 11.5 Å². The van der Waals surface area contributed by atoms with Gasteiger partial charge in [0, 0.05) is 15.6 Å². The van der Waals surface area contributed by atoms with Gasteiger partial charge in [-0.05, 0) is 59.7 Å². The van der Waals surface area contributed by atoms with Crippen molar-refractivity contribution in [1.82, 2.24) is 0 Å². The molecule has 0 bridgehead atoms. The molecule has 0 amide bonds. The van der Waals surface area contributed by atoms with Crippen molar-refractivity contribution in [1.29, 1.82) is 0 Å². The third-order valence-electron chi connectivity index (χ3n) is 5.58. The predicted octanol–water partition coefficient (Wildman–Crippen LogP) is 7.58. The molecule has 4 aromatic rings. The largest absolute Gasteiger partial charge is 0.490 e. The van der Waals surface area contributed by atoms with Crippen molar-refractivity contribution in [2.24, 2.45) is 4.99 Å². The van der Waals surface area contributed by atoms with Gasteiger partial charge in [-0.15, -0.1) is 0 Å². The fourth-order valence-corrected chi connectivity index (χ4v) is 4.53. The van der Waals surface area contributed by atoms with E-state index < -0.39 is 5.97 Å². The van der Waals surface area contributed by atoms with Gasteiger partial charge in [-0.2, -0.15) is 0 Å². The number of carbonyl (C=O) groups excluding carboxylic acids is 1. The zero-order valence-corrected chi connectivity index (χ0v) is 21.7. The number of hydrogen-bond acceptors (Lipinski definition) is 5. The number of hydrogen-bond donors (Lipinski definition) is 0. The lowest BCUT2D eigenvalue weighted by atomic mass is 10.1. The van der Waals surface area contributed by atoms with Crippen LogP contribution >= 0.6 is 27.5 Å². The minimum atomic E-state index is -0.526. The van der Waals surface area contributed by atoms with E-state index in [1.807, 2.05) is 73.7 Å². The van der Waals surface area contributed by atoms with E-state index in [0.29, 0.717) is 35.3 Å². The Kier molecular flexibility index (Phi) is 7.07. The predicted molar refractivity (Wildman–Crippen MR) is 146 cm³/mol. The number of cyclic esters (lactones) is 1. The standard InChI is InChI=1S/C29H21BrClNO4/c1-2-34-26-15-18(13-24(31)27(26)35-17-22-9-5-6-10-23(22)30)14-25-29(33)36-28(32-25)21-12-11-19-7-3-4-8-20(19)16-21/h3-16H,2,17H2,1H3/b25-14-. The highest BCUT2D eigenvalue weighted by Crippen LogP contribution is 2.38. The van der Waals surface area contributed by atoms with E-state index in [2.05, 4.69) is 20.9 Å². The summed E-state index contributed by atoms with van der Waals surface area (Å²) in [6.07, 6.45) is 1.63. The average Bonchev–Trinajstić information content (AvgIpc) is 3.24. The van der Waals surface area contributed by atoms with Gasteiger partial charge >= 0.3 is 5.97 Å². The molecule has 1 aliphatic rings. The van der Waals surface area contributed by atoms with E-state index >= 15 is 0 Å². The molecule has 0 spiro atoms. The van der Waals surface area contributed by atoms with E-state index in [1.165, 1.54) is 0 Å². The Labute approximate surface area is 222 Å². The fourth-order valence-electron chi connectivity index (χ4n) is 3.85. The Balaban J connectivity index is 1.43. The molecular formula is C29H21BrClNO4. The Morgan fingerprint density at radius 1 is 0.972 bits per heavy atom. The number of aliphatic imine (C=N–C) groups is 1. The molecule has 5 nitrogen and oxygen atoms in total. The molecule has 0 radical (unpaired) electrons. The zero-order valence-electron chi connectivity index (χ0n) is 19.3. The summed E-state index contributed by atoms with van der Waals surface area (Å²) >= 11 is 10.1. The quantitative estimate of drug-likeness (QED) is 0.172. The minimum absolute atomic E-state index is 0.179. The number of halogens is 2. The summed E-state index contributed by atoms with van der Waals surface area (Å²) in [5, 5.41) is 2.50. The first-order chi connectivity index (χ1) is 17.5. The van der Waals surface area contributed by atoms with Crippen molar-refractivity contribution >= 4 is 56.2 Å². The summed E-state index contributed by atoms with van der Waals surface area (Å²) in [7, 11) is 0. The Morgan fingerprint density at radius 2 is 1.75 bits per heavy atom. The molecule has 1 heterocycles. The molecule has 7 heteroatoms. The second-order valence-corrected chi connectivity index (χ2v) is 9.30. The van der Waals surface area contributed by atoms with Gasteiger partial charge in [-0.1, -0.05) is 76.1 Å². The summed E-state index contributed by atoms with van der Waals surface area (Å²) in [6.45, 7) is 2.62. The van der Waals surface area contributed by atoms with Crippen LogP contribution in [0.3, 0.4) is 0 Å². The van der Waals surface area contributed by atoms with Crippen molar-refractivity contribution in [3.63, 3.8) is 0 Å². The van der Waals surface area contributed by atoms with Crippen LogP contribution in [0.15, 0.2) is 94.0 Å². The van der Waals surface area contributed by atoms with Crippen LogP contribution in [0.2, 0.25) is 5.02 Å². The maximum Gasteiger partial charge on any atom is 0.363 e. The van der Waals surface area contributed by atoms with Crippen molar-refractivity contribution in [3.8, 4) is 11.5 Å². The molecule has 180 valence electrons. The Morgan fingerprint density at radius 3 is 2.56 bits per heavy atom. The van der Waals surface area contributed by atoms with Gasteiger partial charge in [-0.25, -0.2) is 9.79 Å². The molecule has 0 N–H and O–H groups in total. The second kappa shape index (κ2) is 10.6. The summed E-state index contributed by atoms with van der Waals surface area (Å²) in [6, 6.07) is 25.1. The highest BCUT2D eigenvalue weighted by molar-refractivity contribution is 9.10. The maximum atomic E-state index is 12.6. The van der Waals surface area contributed by atoms with Gasteiger partial charge in [-0.3, -0.25) is 0 Å². The van der Waals surface area contributed by atoms with Crippen molar-refractivity contribution < 1.29 is 19.0 Å². The Bertz CT molecular complexity index is 1530. The minimum Gasteiger partial charge on any atom is -0.490 e. The molecule has 0 saturated heterocycles. The molecule has 5 rings (SSSR count). The van der Waals surface area contributed by atoms with E-state index in [-0.39, 0.29) is 11.6 Å². The lowest BCUT2D eigenvalue weighted by molar-refractivity contribution is -0.129. The fraction of sp³-hybridized carbons (Fsp3) is 0.103. The van der Waals surface area contributed by atoms with E-state index in [9.17, 15) is 4.79 Å². The van der Waals surface area contributed by atoms with Gasteiger partial charge < -0.3 is 14.2 Å². The van der Waals surface area contributed by atoms with Crippen LogP contribution in [-0.2, 0) is 16.1 Å². The number of benzene rings is 4. The van der Waals surface area contributed by atoms with Gasteiger partial charge in [0.25, 0.3) is 0 Å². The number of nitrogens with zero attached hydrogens (tertiary/aromatic N) is 1. The number of ether oxygens (including phenoxy) is 3. The molecule has 0 aromatic heterocycles. The van der Waals surface area contributed by atoms with Crippen molar-refractivity contribution in [3.05, 3.63) is 111 Å². The molecule has 0 aliphatic carbocycles. The first-order valence-corrected chi connectivity index (χ1v) is 12.5. The lowest BCUT2D eigenvalue weighted by Gasteiger charge is -2.15. The van der Waals surface area contributed by atoms with Crippen LogP contribution in [0, 0.1) is 0 Å². The van der Waals surface area contributed by atoms with Crippen LogP contribution < -0.4 is 9.47 Å². The average molecular weight is 563 g/mol. The molecule has 1 aliphatic heterocycles. The number of esters is 1. The normalized spacial score (nSPS) is 14.1. The van der Waals surface area contributed by atoms with E-state index in [1.54, 1.807) is 18.2 Å². The second-order valence-electron chi connectivity index (χ2n) is 8.04. The highest BCUT2D eigenvalue weighted by atomic mass is 79.9. The van der Waals surface area contributed by atoms with Gasteiger partial charge in [0.2, 0.25) is 5.90 Å². The monoisotopic (exact) mass is 561 g/mol. The maximum absolute atomic E-state index is 12.6. The van der Waals surface area contributed by atoms with Gasteiger partial charge in [0.05, 0.1) is 11.6 Å². The van der Waals surface area contributed by atoms with Gasteiger partial charge in [0.1, 0.15) is 6.61 Å². The van der Waals surface area contributed by atoms with Crippen LogP contribution in [-0.4, -0.2) is 18.5 Å². The lowest BCUT2D eigenvalue weighted by Crippen LogP contribution is -2.05. The third kappa shape index (κ3) is 5.15. The molecule has 0 unspecified atom stereocenters. The van der Waals surface area contributed by atoms with Crippen LogP contribution in [0.1, 0.15) is 23.6 Å². The number of fused-ring (bicyclic) bond motifs is 1. The van der Waals surface area contributed by atoms with E-state index in [0.717, 1.165) is 26.4 Å². The van der Waals surface area contributed by atoms with Gasteiger partial charge in [0.15, 0.2) is 17.2 Å². The summed E-state index contributed by atoms with van der Waals surface area (Å²) in [4.78, 5) is 17.0. The van der Waals surface area contributed by atoms with Crippen molar-refractivity contribution in [2.45, 2.75) is 13.5 Å². The molecular weight excluding hydrogens is 542 g/mol. The molecule has 0 fully saturated rings. The molecule has 36 heavy (non-hydrogen) atoms. The third-order valence-corrected chi connectivity index (χ3v) is 6.64.